The SMILES string of the molecule is CN(C)Cc1ccc(-c2cccc3c2C(=O)N(CCc2ccc4ccccc4n2)C3)cc1. The van der Waals surface area contributed by atoms with Gasteiger partial charge in [0.1, 0.15) is 0 Å². The van der Waals surface area contributed by atoms with E-state index in [4.69, 9.17) is 4.98 Å². The normalized spacial score (nSPS) is 13.2. The fourth-order valence-corrected chi connectivity index (χ4v) is 4.49. The number of amides is 1. The number of hydrogen-bond donors (Lipinski definition) is 0. The van der Waals surface area contributed by atoms with E-state index in [1.807, 2.05) is 23.1 Å². The molecule has 4 aromatic rings. The molecule has 4 heteroatoms. The van der Waals surface area contributed by atoms with Gasteiger partial charge in [-0.3, -0.25) is 9.78 Å². The fourth-order valence-electron chi connectivity index (χ4n) is 4.49. The highest BCUT2D eigenvalue weighted by atomic mass is 16.2. The first-order valence-electron chi connectivity index (χ1n) is 11.1. The Morgan fingerprint density at radius 3 is 2.53 bits per heavy atom. The number of aromatic nitrogens is 1. The van der Waals surface area contributed by atoms with Gasteiger partial charge in [0.15, 0.2) is 0 Å². The first kappa shape index (κ1) is 20.4. The van der Waals surface area contributed by atoms with E-state index >= 15 is 0 Å². The predicted octanol–water partition coefficient (Wildman–Crippen LogP) is 5.16. The number of para-hydroxylation sites is 1. The van der Waals surface area contributed by atoms with Gasteiger partial charge in [0.25, 0.3) is 5.91 Å². The highest BCUT2D eigenvalue weighted by Crippen LogP contribution is 2.33. The molecule has 1 amide bonds. The Hall–Kier alpha value is -3.50. The molecule has 4 nitrogen and oxygen atoms in total. The molecule has 3 aromatic carbocycles. The van der Waals surface area contributed by atoms with E-state index in [0.717, 1.165) is 51.8 Å². The Labute approximate surface area is 189 Å². The van der Waals surface area contributed by atoms with E-state index in [0.29, 0.717) is 13.1 Å². The number of rotatable bonds is 6. The third kappa shape index (κ3) is 4.02. The number of carbonyl (C=O) groups is 1. The summed E-state index contributed by atoms with van der Waals surface area (Å²) in [5.74, 6) is 0.119. The van der Waals surface area contributed by atoms with Crippen molar-refractivity contribution >= 4 is 16.8 Å². The van der Waals surface area contributed by atoms with Crippen LogP contribution in [0, 0.1) is 0 Å². The van der Waals surface area contributed by atoms with Crippen LogP contribution in [0.15, 0.2) is 78.9 Å². The van der Waals surface area contributed by atoms with Crippen molar-refractivity contribution in [3.05, 3.63) is 101 Å². The number of benzene rings is 3. The maximum atomic E-state index is 13.3. The van der Waals surface area contributed by atoms with Crippen LogP contribution in [-0.4, -0.2) is 41.3 Å². The van der Waals surface area contributed by atoms with Crippen molar-refractivity contribution in [1.82, 2.24) is 14.8 Å². The van der Waals surface area contributed by atoms with Crippen molar-refractivity contribution in [2.75, 3.05) is 20.6 Å². The predicted molar refractivity (Wildman–Crippen MR) is 129 cm³/mol. The molecule has 0 bridgehead atoms. The zero-order valence-electron chi connectivity index (χ0n) is 18.6. The second-order valence-corrected chi connectivity index (χ2v) is 8.75. The summed E-state index contributed by atoms with van der Waals surface area (Å²) in [6, 6.07) is 27.1. The Balaban J connectivity index is 1.34. The fraction of sp³-hybridized carbons (Fsp3) is 0.214. The lowest BCUT2D eigenvalue weighted by Crippen LogP contribution is -2.26. The topological polar surface area (TPSA) is 36.4 Å². The highest BCUT2D eigenvalue weighted by molar-refractivity contribution is 6.04. The molecule has 0 aliphatic carbocycles. The van der Waals surface area contributed by atoms with Gasteiger partial charge in [-0.25, -0.2) is 0 Å². The number of fused-ring (bicyclic) bond motifs is 2. The molecule has 1 aliphatic heterocycles. The molecule has 0 saturated heterocycles. The quantitative estimate of drug-likeness (QED) is 0.431. The lowest BCUT2D eigenvalue weighted by Gasteiger charge is -2.16. The van der Waals surface area contributed by atoms with E-state index in [1.54, 1.807) is 0 Å². The molecule has 2 heterocycles. The van der Waals surface area contributed by atoms with Crippen molar-refractivity contribution in [2.45, 2.75) is 19.5 Å². The van der Waals surface area contributed by atoms with Crippen molar-refractivity contribution < 1.29 is 4.79 Å². The molecular weight excluding hydrogens is 394 g/mol. The number of nitrogens with zero attached hydrogens (tertiary/aromatic N) is 3. The summed E-state index contributed by atoms with van der Waals surface area (Å²) in [4.78, 5) is 22.2. The van der Waals surface area contributed by atoms with Gasteiger partial charge in [-0.1, -0.05) is 66.7 Å². The minimum absolute atomic E-state index is 0.119. The molecule has 0 spiro atoms. The highest BCUT2D eigenvalue weighted by Gasteiger charge is 2.29. The second kappa shape index (κ2) is 8.56. The molecule has 0 fully saturated rings. The van der Waals surface area contributed by atoms with Gasteiger partial charge < -0.3 is 9.80 Å². The van der Waals surface area contributed by atoms with E-state index < -0.39 is 0 Å². The first-order valence-corrected chi connectivity index (χ1v) is 11.1. The zero-order chi connectivity index (χ0) is 22.1. The van der Waals surface area contributed by atoms with Crippen LogP contribution in [0.3, 0.4) is 0 Å². The summed E-state index contributed by atoms with van der Waals surface area (Å²) in [5, 5.41) is 1.14. The van der Waals surface area contributed by atoms with E-state index in [9.17, 15) is 4.79 Å². The average molecular weight is 422 g/mol. The molecule has 0 saturated carbocycles. The van der Waals surface area contributed by atoms with Gasteiger partial charge >= 0.3 is 0 Å². The van der Waals surface area contributed by atoms with Crippen LogP contribution >= 0.6 is 0 Å². The lowest BCUT2D eigenvalue weighted by atomic mass is 9.96. The van der Waals surface area contributed by atoms with Crippen LogP contribution < -0.4 is 0 Å². The third-order valence-corrected chi connectivity index (χ3v) is 6.07. The van der Waals surface area contributed by atoms with Crippen molar-refractivity contribution in [1.29, 1.82) is 0 Å². The molecule has 0 radical (unpaired) electrons. The van der Waals surface area contributed by atoms with Crippen LogP contribution in [-0.2, 0) is 19.5 Å². The summed E-state index contributed by atoms with van der Waals surface area (Å²) < 4.78 is 0. The second-order valence-electron chi connectivity index (χ2n) is 8.75. The minimum atomic E-state index is 0.119. The molecule has 5 rings (SSSR count). The van der Waals surface area contributed by atoms with Crippen molar-refractivity contribution in [3.8, 4) is 11.1 Å². The van der Waals surface area contributed by atoms with Gasteiger partial charge in [0.2, 0.25) is 0 Å². The Morgan fingerprint density at radius 2 is 1.72 bits per heavy atom. The van der Waals surface area contributed by atoms with Crippen molar-refractivity contribution in [3.63, 3.8) is 0 Å². The summed E-state index contributed by atoms with van der Waals surface area (Å²) in [7, 11) is 4.14. The van der Waals surface area contributed by atoms with Crippen LogP contribution in [0.2, 0.25) is 0 Å². The van der Waals surface area contributed by atoms with Gasteiger partial charge in [-0.15, -0.1) is 0 Å². The summed E-state index contributed by atoms with van der Waals surface area (Å²) in [6.07, 6.45) is 0.749. The smallest absolute Gasteiger partial charge is 0.255 e. The molecule has 0 atom stereocenters. The van der Waals surface area contributed by atoms with Crippen LogP contribution in [0.4, 0.5) is 0 Å². The molecule has 32 heavy (non-hydrogen) atoms. The molecule has 1 aromatic heterocycles. The van der Waals surface area contributed by atoms with Crippen molar-refractivity contribution in [2.24, 2.45) is 0 Å². The number of pyridine rings is 1. The van der Waals surface area contributed by atoms with Crippen LogP contribution in [0.1, 0.15) is 27.2 Å². The summed E-state index contributed by atoms with van der Waals surface area (Å²) >= 11 is 0. The van der Waals surface area contributed by atoms with Crippen LogP contribution in [0.25, 0.3) is 22.0 Å². The van der Waals surface area contributed by atoms with Crippen LogP contribution in [0.5, 0.6) is 0 Å². The Morgan fingerprint density at radius 1 is 0.906 bits per heavy atom. The van der Waals surface area contributed by atoms with E-state index in [2.05, 4.69) is 79.7 Å². The third-order valence-electron chi connectivity index (χ3n) is 6.07. The Bertz CT molecular complexity index is 1280. The average Bonchev–Trinajstić information content (AvgIpc) is 3.13. The number of carbonyl (C=O) groups excluding carboxylic acids is 1. The van der Waals surface area contributed by atoms with E-state index in [1.165, 1.54) is 5.56 Å². The number of hydrogen-bond acceptors (Lipinski definition) is 3. The molecule has 0 unspecified atom stereocenters. The zero-order valence-corrected chi connectivity index (χ0v) is 18.6. The molecule has 160 valence electrons. The largest absolute Gasteiger partial charge is 0.334 e. The minimum Gasteiger partial charge on any atom is -0.334 e. The molecular formula is C28H27N3O. The van der Waals surface area contributed by atoms with Gasteiger partial charge in [0, 0.05) is 37.1 Å². The maximum absolute atomic E-state index is 13.3. The van der Waals surface area contributed by atoms with Gasteiger partial charge in [-0.2, -0.15) is 0 Å². The Kier molecular flexibility index (Phi) is 5.46. The summed E-state index contributed by atoms with van der Waals surface area (Å²) in [6.45, 7) is 2.23. The maximum Gasteiger partial charge on any atom is 0.255 e. The monoisotopic (exact) mass is 421 g/mol. The first-order chi connectivity index (χ1) is 15.6. The van der Waals surface area contributed by atoms with E-state index in [-0.39, 0.29) is 5.91 Å². The molecule has 0 N–H and O–H groups in total. The van der Waals surface area contributed by atoms with Gasteiger partial charge in [0.05, 0.1) is 11.1 Å². The summed E-state index contributed by atoms with van der Waals surface area (Å²) in [5.41, 5.74) is 7.36. The van der Waals surface area contributed by atoms with Gasteiger partial charge in [-0.05, 0) is 48.5 Å². The molecule has 1 aliphatic rings. The standard InChI is InChI=1S/C28H27N3O/c1-30(2)18-20-10-12-21(13-11-20)25-8-5-7-23-19-31(28(32)27(23)25)17-16-24-15-14-22-6-3-4-9-26(22)29-24/h3-15H,16-19H2,1-2H3. The lowest BCUT2D eigenvalue weighted by molar-refractivity contribution is 0.0780.